The highest BCUT2D eigenvalue weighted by Gasteiger charge is 2.13. The second kappa shape index (κ2) is 6.50. The van der Waals surface area contributed by atoms with Crippen LogP contribution in [0.1, 0.15) is 45.3 Å². The maximum Gasteiger partial charge on any atom is 0.129 e. The van der Waals surface area contributed by atoms with Crippen LogP contribution in [0.5, 0.6) is 11.5 Å². The van der Waals surface area contributed by atoms with Crippen LogP contribution in [0.4, 0.5) is 0 Å². The van der Waals surface area contributed by atoms with Crippen molar-refractivity contribution in [3.63, 3.8) is 0 Å². The first kappa shape index (κ1) is 13.8. The molecule has 1 aromatic rings. The van der Waals surface area contributed by atoms with E-state index < -0.39 is 6.10 Å². The van der Waals surface area contributed by atoms with Crippen molar-refractivity contribution in [2.24, 2.45) is 0 Å². The Hall–Kier alpha value is -1.22. The van der Waals surface area contributed by atoms with Crippen LogP contribution in [-0.4, -0.2) is 18.3 Å². The summed E-state index contributed by atoms with van der Waals surface area (Å²) in [7, 11) is 1.62. The van der Waals surface area contributed by atoms with Gasteiger partial charge in [-0.2, -0.15) is 0 Å². The van der Waals surface area contributed by atoms with Crippen LogP contribution in [0.15, 0.2) is 18.2 Å². The summed E-state index contributed by atoms with van der Waals surface area (Å²) in [4.78, 5) is 0. The molecule has 3 nitrogen and oxygen atoms in total. The average molecular weight is 238 g/mol. The second-order valence-corrected chi connectivity index (χ2v) is 4.30. The van der Waals surface area contributed by atoms with Crippen molar-refractivity contribution in [2.45, 2.75) is 45.8 Å². The summed E-state index contributed by atoms with van der Waals surface area (Å²) < 4.78 is 11.0. The van der Waals surface area contributed by atoms with E-state index in [0.717, 1.165) is 24.2 Å². The first-order chi connectivity index (χ1) is 8.08. The Bertz CT molecular complexity index is 347. The highest BCUT2D eigenvalue weighted by atomic mass is 16.5. The summed E-state index contributed by atoms with van der Waals surface area (Å²) in [6, 6.07) is 5.51. The minimum atomic E-state index is -0.537. The minimum Gasteiger partial charge on any atom is -0.497 e. The van der Waals surface area contributed by atoms with Gasteiger partial charge in [0.05, 0.1) is 19.3 Å². The zero-order chi connectivity index (χ0) is 12.8. The molecule has 0 saturated heterocycles. The topological polar surface area (TPSA) is 38.7 Å². The molecule has 17 heavy (non-hydrogen) atoms. The van der Waals surface area contributed by atoms with Crippen molar-refractivity contribution >= 4 is 0 Å². The molecule has 0 aromatic heterocycles. The van der Waals surface area contributed by atoms with Crippen LogP contribution in [-0.2, 0) is 0 Å². The first-order valence-corrected chi connectivity index (χ1v) is 6.11. The molecule has 1 rings (SSSR count). The van der Waals surface area contributed by atoms with Gasteiger partial charge < -0.3 is 14.6 Å². The molecule has 1 N–H and O–H groups in total. The van der Waals surface area contributed by atoms with Crippen molar-refractivity contribution < 1.29 is 14.6 Å². The fourth-order valence-corrected chi connectivity index (χ4v) is 1.77. The Kier molecular flexibility index (Phi) is 5.29. The third-order valence-corrected chi connectivity index (χ3v) is 2.69. The number of aliphatic hydroxyl groups excluding tert-OH is 1. The molecule has 0 bridgehead atoms. The lowest BCUT2D eigenvalue weighted by molar-refractivity contribution is 0.173. The monoisotopic (exact) mass is 238 g/mol. The molecule has 0 amide bonds. The van der Waals surface area contributed by atoms with Gasteiger partial charge in [0, 0.05) is 11.6 Å². The van der Waals surface area contributed by atoms with E-state index in [0.29, 0.717) is 5.75 Å². The Morgan fingerprint density at radius 3 is 2.53 bits per heavy atom. The number of ether oxygens (including phenoxy) is 2. The molecule has 2 atom stereocenters. The van der Waals surface area contributed by atoms with E-state index in [2.05, 4.69) is 6.92 Å². The quantitative estimate of drug-likeness (QED) is 0.826. The lowest BCUT2D eigenvalue weighted by Gasteiger charge is -2.19. The highest BCUT2D eigenvalue weighted by molar-refractivity contribution is 5.41. The third kappa shape index (κ3) is 3.93. The van der Waals surface area contributed by atoms with E-state index in [1.165, 1.54) is 0 Å². The SMILES string of the molecule is CCCC(C)Oc1cc(OC)ccc1C(C)O. The summed E-state index contributed by atoms with van der Waals surface area (Å²) in [6.45, 7) is 5.90. The normalized spacial score (nSPS) is 14.2. The molecule has 0 heterocycles. The van der Waals surface area contributed by atoms with Crippen LogP contribution in [0.2, 0.25) is 0 Å². The zero-order valence-electron chi connectivity index (χ0n) is 11.1. The average Bonchev–Trinajstić information content (AvgIpc) is 2.28. The number of hydrogen-bond donors (Lipinski definition) is 1. The van der Waals surface area contributed by atoms with Gasteiger partial charge in [0.1, 0.15) is 11.5 Å². The smallest absolute Gasteiger partial charge is 0.129 e. The summed E-state index contributed by atoms with van der Waals surface area (Å²) in [5, 5.41) is 9.69. The Morgan fingerprint density at radius 2 is 2.00 bits per heavy atom. The molecular formula is C14H22O3. The summed E-state index contributed by atoms with van der Waals surface area (Å²) in [5.41, 5.74) is 0.800. The lowest BCUT2D eigenvalue weighted by Crippen LogP contribution is -2.13. The van der Waals surface area contributed by atoms with E-state index in [1.807, 2.05) is 25.1 Å². The first-order valence-electron chi connectivity index (χ1n) is 6.11. The number of hydrogen-bond acceptors (Lipinski definition) is 3. The van der Waals surface area contributed by atoms with Crippen LogP contribution in [0.25, 0.3) is 0 Å². The van der Waals surface area contributed by atoms with E-state index in [1.54, 1.807) is 14.0 Å². The molecule has 0 aliphatic carbocycles. The Labute approximate surface area is 103 Å². The van der Waals surface area contributed by atoms with Crippen LogP contribution >= 0.6 is 0 Å². The van der Waals surface area contributed by atoms with E-state index in [-0.39, 0.29) is 6.10 Å². The van der Waals surface area contributed by atoms with Crippen molar-refractivity contribution in [1.29, 1.82) is 0 Å². The van der Waals surface area contributed by atoms with Gasteiger partial charge in [-0.05, 0) is 32.4 Å². The van der Waals surface area contributed by atoms with Gasteiger partial charge in [0.2, 0.25) is 0 Å². The van der Waals surface area contributed by atoms with Gasteiger partial charge in [-0.1, -0.05) is 13.3 Å². The molecule has 0 spiro atoms. The predicted octanol–water partition coefficient (Wildman–Crippen LogP) is 3.32. The van der Waals surface area contributed by atoms with E-state index in [4.69, 9.17) is 9.47 Å². The minimum absolute atomic E-state index is 0.143. The lowest BCUT2D eigenvalue weighted by atomic mass is 10.1. The highest BCUT2D eigenvalue weighted by Crippen LogP contribution is 2.30. The van der Waals surface area contributed by atoms with Crippen LogP contribution in [0, 0.1) is 0 Å². The molecule has 0 aliphatic rings. The molecule has 2 unspecified atom stereocenters. The van der Waals surface area contributed by atoms with Gasteiger partial charge in [0.25, 0.3) is 0 Å². The number of benzene rings is 1. The molecule has 0 aliphatic heterocycles. The van der Waals surface area contributed by atoms with Gasteiger partial charge in [-0.15, -0.1) is 0 Å². The van der Waals surface area contributed by atoms with Crippen molar-refractivity contribution in [2.75, 3.05) is 7.11 Å². The summed E-state index contributed by atoms with van der Waals surface area (Å²) >= 11 is 0. The summed E-state index contributed by atoms with van der Waals surface area (Å²) in [6.07, 6.45) is 1.68. The molecule has 1 aromatic carbocycles. The summed E-state index contributed by atoms with van der Waals surface area (Å²) in [5.74, 6) is 1.45. The number of aliphatic hydroxyl groups is 1. The van der Waals surface area contributed by atoms with Crippen LogP contribution in [0.3, 0.4) is 0 Å². The molecular weight excluding hydrogens is 216 g/mol. The van der Waals surface area contributed by atoms with Crippen LogP contribution < -0.4 is 9.47 Å². The fourth-order valence-electron chi connectivity index (χ4n) is 1.77. The number of methoxy groups -OCH3 is 1. The molecule has 0 radical (unpaired) electrons. The second-order valence-electron chi connectivity index (χ2n) is 4.30. The number of rotatable bonds is 6. The zero-order valence-corrected chi connectivity index (χ0v) is 11.1. The maximum absolute atomic E-state index is 9.69. The predicted molar refractivity (Wildman–Crippen MR) is 68.6 cm³/mol. The maximum atomic E-state index is 9.69. The van der Waals surface area contributed by atoms with Gasteiger partial charge >= 0.3 is 0 Å². The molecule has 0 saturated carbocycles. The van der Waals surface area contributed by atoms with Crippen molar-refractivity contribution in [1.82, 2.24) is 0 Å². The van der Waals surface area contributed by atoms with E-state index in [9.17, 15) is 5.11 Å². The standard InChI is InChI=1S/C14H22O3/c1-5-6-10(2)17-14-9-12(16-4)7-8-13(14)11(3)15/h7-11,15H,5-6H2,1-4H3. The Morgan fingerprint density at radius 1 is 1.29 bits per heavy atom. The molecule has 96 valence electrons. The molecule has 3 heteroatoms. The van der Waals surface area contributed by atoms with Gasteiger partial charge in [-0.3, -0.25) is 0 Å². The van der Waals surface area contributed by atoms with Crippen molar-refractivity contribution in [3.8, 4) is 11.5 Å². The van der Waals surface area contributed by atoms with Gasteiger partial charge in [0.15, 0.2) is 0 Å². The third-order valence-electron chi connectivity index (χ3n) is 2.69. The largest absolute Gasteiger partial charge is 0.497 e. The van der Waals surface area contributed by atoms with E-state index >= 15 is 0 Å². The molecule has 0 fully saturated rings. The van der Waals surface area contributed by atoms with Gasteiger partial charge in [-0.25, -0.2) is 0 Å². The Balaban J connectivity index is 2.92. The fraction of sp³-hybridized carbons (Fsp3) is 0.571. The van der Waals surface area contributed by atoms with Crippen molar-refractivity contribution in [3.05, 3.63) is 23.8 Å².